The largest absolute Gasteiger partial charge is 0.496 e. The van der Waals surface area contributed by atoms with Crippen molar-refractivity contribution in [2.75, 3.05) is 7.11 Å². The molecule has 0 saturated heterocycles. The first-order valence-electron chi connectivity index (χ1n) is 9.22. The third-order valence-electron chi connectivity index (χ3n) is 6.65. The number of ether oxygens (including phenoxy) is 1. The first kappa shape index (κ1) is 17.8. The molecule has 0 heterocycles. The zero-order valence-corrected chi connectivity index (χ0v) is 15.9. The standard InChI is InChI=1S/C21H32O3/c1-12(2)14-10-13(11-22)16-15(18(14)24-6)17(23)19-20(3,4)8-7-9-21(16,19)5/h10,12,17,19,22-23H,7-9,11H2,1-6H3/t17-,19-,21+/m0/s1. The molecule has 3 rings (SSSR count). The number of benzene rings is 1. The molecular formula is C21H32O3. The summed E-state index contributed by atoms with van der Waals surface area (Å²) in [5, 5.41) is 21.4. The smallest absolute Gasteiger partial charge is 0.128 e. The quantitative estimate of drug-likeness (QED) is 0.860. The van der Waals surface area contributed by atoms with Gasteiger partial charge in [-0.15, -0.1) is 0 Å². The molecule has 0 unspecified atom stereocenters. The molecule has 0 amide bonds. The van der Waals surface area contributed by atoms with Gasteiger partial charge in [-0.1, -0.05) is 41.0 Å². The summed E-state index contributed by atoms with van der Waals surface area (Å²) < 4.78 is 5.80. The molecule has 1 aromatic carbocycles. The lowest BCUT2D eigenvalue weighted by atomic mass is 9.56. The second kappa shape index (κ2) is 5.74. The summed E-state index contributed by atoms with van der Waals surface area (Å²) in [6, 6.07) is 2.10. The molecule has 3 nitrogen and oxygen atoms in total. The SMILES string of the molecule is COc1c(C(C)C)cc(CO)c2c1[C@H](O)[C@H]1C(C)(C)CCC[C@]21C. The topological polar surface area (TPSA) is 49.7 Å². The Morgan fingerprint density at radius 1 is 1.25 bits per heavy atom. The Kier molecular flexibility index (Phi) is 4.25. The van der Waals surface area contributed by atoms with Gasteiger partial charge in [-0.2, -0.15) is 0 Å². The number of hydrogen-bond donors (Lipinski definition) is 2. The van der Waals surface area contributed by atoms with Gasteiger partial charge in [0.25, 0.3) is 0 Å². The first-order chi connectivity index (χ1) is 11.2. The summed E-state index contributed by atoms with van der Waals surface area (Å²) in [4.78, 5) is 0. The van der Waals surface area contributed by atoms with Crippen LogP contribution in [-0.2, 0) is 12.0 Å². The van der Waals surface area contributed by atoms with E-state index >= 15 is 0 Å². The predicted molar refractivity (Wildman–Crippen MR) is 96.4 cm³/mol. The molecule has 1 aromatic rings. The normalized spacial score (nSPS) is 31.0. The molecule has 3 heteroatoms. The maximum atomic E-state index is 11.4. The Hall–Kier alpha value is -1.06. The minimum Gasteiger partial charge on any atom is -0.496 e. The summed E-state index contributed by atoms with van der Waals surface area (Å²) in [6.07, 6.45) is 2.82. The second-order valence-corrected chi connectivity index (χ2v) is 8.94. The lowest BCUT2D eigenvalue weighted by molar-refractivity contribution is -0.0279. The summed E-state index contributed by atoms with van der Waals surface area (Å²) in [5.41, 5.74) is 4.11. The Labute approximate surface area is 146 Å². The average molecular weight is 332 g/mol. The summed E-state index contributed by atoms with van der Waals surface area (Å²) in [5.74, 6) is 1.28. The maximum absolute atomic E-state index is 11.4. The molecule has 1 saturated carbocycles. The van der Waals surface area contributed by atoms with Crippen molar-refractivity contribution in [1.82, 2.24) is 0 Å². The van der Waals surface area contributed by atoms with E-state index in [1.54, 1.807) is 7.11 Å². The van der Waals surface area contributed by atoms with Crippen molar-refractivity contribution in [3.05, 3.63) is 28.3 Å². The van der Waals surface area contributed by atoms with Crippen LogP contribution >= 0.6 is 0 Å². The van der Waals surface area contributed by atoms with E-state index in [4.69, 9.17) is 4.74 Å². The van der Waals surface area contributed by atoms with Gasteiger partial charge in [0.15, 0.2) is 0 Å². The molecule has 2 aliphatic rings. The van der Waals surface area contributed by atoms with E-state index < -0.39 is 6.10 Å². The van der Waals surface area contributed by atoms with Gasteiger partial charge in [0.05, 0.1) is 19.8 Å². The monoisotopic (exact) mass is 332 g/mol. The number of aliphatic hydroxyl groups is 2. The Balaban J connectivity index is 2.34. The zero-order chi connectivity index (χ0) is 17.9. The van der Waals surface area contributed by atoms with E-state index in [0.29, 0.717) is 0 Å². The summed E-state index contributed by atoms with van der Waals surface area (Å²) in [6.45, 7) is 11.1. The van der Waals surface area contributed by atoms with Gasteiger partial charge in [0, 0.05) is 11.5 Å². The molecule has 1 fully saturated rings. The third kappa shape index (κ3) is 2.24. The van der Waals surface area contributed by atoms with Gasteiger partial charge in [-0.25, -0.2) is 0 Å². The molecule has 0 aromatic heterocycles. The van der Waals surface area contributed by atoms with Crippen LogP contribution < -0.4 is 4.74 Å². The average Bonchev–Trinajstić information content (AvgIpc) is 2.75. The predicted octanol–water partition coefficient (Wildman–Crippen LogP) is 4.44. The van der Waals surface area contributed by atoms with Crippen molar-refractivity contribution >= 4 is 0 Å². The zero-order valence-electron chi connectivity index (χ0n) is 15.9. The van der Waals surface area contributed by atoms with Gasteiger partial charge in [-0.3, -0.25) is 0 Å². The number of fused-ring (bicyclic) bond motifs is 3. The maximum Gasteiger partial charge on any atom is 0.128 e. The van der Waals surface area contributed by atoms with Crippen LogP contribution in [0.4, 0.5) is 0 Å². The van der Waals surface area contributed by atoms with E-state index in [1.807, 2.05) is 0 Å². The molecule has 0 aliphatic heterocycles. The van der Waals surface area contributed by atoms with Crippen molar-refractivity contribution in [1.29, 1.82) is 0 Å². The van der Waals surface area contributed by atoms with Crippen LogP contribution in [0.2, 0.25) is 0 Å². The van der Waals surface area contributed by atoms with Crippen LogP contribution in [0.1, 0.15) is 88.2 Å². The highest BCUT2D eigenvalue weighted by atomic mass is 16.5. The Morgan fingerprint density at radius 2 is 1.92 bits per heavy atom. The van der Waals surface area contributed by atoms with Crippen LogP contribution in [-0.4, -0.2) is 17.3 Å². The minimum atomic E-state index is -0.528. The summed E-state index contributed by atoms with van der Waals surface area (Å²) >= 11 is 0. The van der Waals surface area contributed by atoms with Crippen LogP contribution in [0, 0.1) is 11.3 Å². The first-order valence-corrected chi connectivity index (χ1v) is 9.22. The van der Waals surface area contributed by atoms with Gasteiger partial charge in [-0.05, 0) is 52.3 Å². The van der Waals surface area contributed by atoms with Crippen molar-refractivity contribution in [3.63, 3.8) is 0 Å². The fourth-order valence-electron chi connectivity index (χ4n) is 5.81. The molecule has 0 radical (unpaired) electrons. The highest BCUT2D eigenvalue weighted by Crippen LogP contribution is 2.65. The molecule has 3 atom stereocenters. The Morgan fingerprint density at radius 3 is 2.46 bits per heavy atom. The fraction of sp³-hybridized carbons (Fsp3) is 0.714. The van der Waals surface area contributed by atoms with Gasteiger partial charge in [0.1, 0.15) is 5.75 Å². The van der Waals surface area contributed by atoms with E-state index in [-0.39, 0.29) is 29.3 Å². The highest BCUT2D eigenvalue weighted by Gasteiger charge is 2.58. The van der Waals surface area contributed by atoms with Crippen molar-refractivity contribution in [2.45, 2.75) is 77.9 Å². The van der Waals surface area contributed by atoms with Crippen molar-refractivity contribution in [3.8, 4) is 5.75 Å². The highest BCUT2D eigenvalue weighted by molar-refractivity contribution is 5.59. The fourth-order valence-corrected chi connectivity index (χ4v) is 5.81. The van der Waals surface area contributed by atoms with Gasteiger partial charge >= 0.3 is 0 Å². The molecule has 2 N–H and O–H groups in total. The molecule has 134 valence electrons. The van der Waals surface area contributed by atoms with Crippen molar-refractivity contribution in [2.24, 2.45) is 11.3 Å². The lowest BCUT2D eigenvalue weighted by Crippen LogP contribution is -2.44. The Bertz CT molecular complexity index is 647. The van der Waals surface area contributed by atoms with E-state index in [2.05, 4.69) is 40.7 Å². The molecule has 2 aliphatic carbocycles. The molecule has 24 heavy (non-hydrogen) atoms. The van der Waals surface area contributed by atoms with Gasteiger partial charge in [0.2, 0.25) is 0 Å². The van der Waals surface area contributed by atoms with Crippen molar-refractivity contribution < 1.29 is 14.9 Å². The van der Waals surface area contributed by atoms with E-state index in [9.17, 15) is 10.2 Å². The van der Waals surface area contributed by atoms with Crippen LogP contribution in [0.15, 0.2) is 6.07 Å². The molecule has 0 bridgehead atoms. The van der Waals surface area contributed by atoms with Crippen LogP contribution in [0.25, 0.3) is 0 Å². The second-order valence-electron chi connectivity index (χ2n) is 8.94. The number of rotatable bonds is 3. The van der Waals surface area contributed by atoms with Crippen LogP contribution in [0.5, 0.6) is 5.75 Å². The van der Waals surface area contributed by atoms with Crippen LogP contribution in [0.3, 0.4) is 0 Å². The number of aliphatic hydroxyl groups excluding tert-OH is 2. The minimum absolute atomic E-state index is 0.0154. The van der Waals surface area contributed by atoms with Gasteiger partial charge < -0.3 is 14.9 Å². The van der Waals surface area contributed by atoms with E-state index in [0.717, 1.165) is 47.3 Å². The third-order valence-corrected chi connectivity index (χ3v) is 6.65. The number of methoxy groups -OCH3 is 1. The molecular weight excluding hydrogens is 300 g/mol. The lowest BCUT2D eigenvalue weighted by Gasteiger charge is -2.49. The summed E-state index contributed by atoms with van der Waals surface area (Å²) in [7, 11) is 1.70. The molecule has 0 spiro atoms. The number of hydrogen-bond acceptors (Lipinski definition) is 3. The van der Waals surface area contributed by atoms with E-state index in [1.165, 1.54) is 0 Å².